The average molecular weight is 436 g/mol. The molecule has 0 bridgehead atoms. The first-order valence-electron chi connectivity index (χ1n) is 12.1. The van der Waals surface area contributed by atoms with Crippen LogP contribution in [0.15, 0.2) is 47.6 Å². The highest BCUT2D eigenvalue weighted by atomic mass is 16.5. The number of hydrogen-bond acceptors (Lipinski definition) is 4. The van der Waals surface area contributed by atoms with E-state index in [-0.39, 0.29) is 6.10 Å². The monoisotopic (exact) mass is 435 g/mol. The Morgan fingerprint density at radius 2 is 1.91 bits per heavy atom. The molecule has 0 spiro atoms. The quantitative estimate of drug-likeness (QED) is 0.504. The van der Waals surface area contributed by atoms with Gasteiger partial charge in [0.05, 0.1) is 12.6 Å². The minimum absolute atomic E-state index is 0.141. The third kappa shape index (κ3) is 6.00. The van der Waals surface area contributed by atoms with Crippen molar-refractivity contribution < 1.29 is 4.74 Å². The molecule has 6 heteroatoms. The normalized spacial score (nSPS) is 21.6. The number of pyridine rings is 1. The molecule has 2 N–H and O–H groups in total. The summed E-state index contributed by atoms with van der Waals surface area (Å²) in [6.07, 6.45) is 6.90. The van der Waals surface area contributed by atoms with Crippen LogP contribution in [0.1, 0.15) is 55.4 Å². The van der Waals surface area contributed by atoms with Crippen molar-refractivity contribution in [2.45, 2.75) is 52.2 Å². The van der Waals surface area contributed by atoms with E-state index in [4.69, 9.17) is 9.73 Å². The number of anilines is 1. The Hall–Kier alpha value is -2.60. The number of rotatable bonds is 7. The van der Waals surface area contributed by atoms with Gasteiger partial charge >= 0.3 is 0 Å². The summed E-state index contributed by atoms with van der Waals surface area (Å²) in [7, 11) is 0. The molecule has 3 heterocycles. The molecule has 2 aliphatic heterocycles. The second-order valence-corrected chi connectivity index (χ2v) is 8.90. The van der Waals surface area contributed by atoms with Crippen LogP contribution in [-0.4, -0.2) is 43.7 Å². The summed E-state index contributed by atoms with van der Waals surface area (Å²) < 4.78 is 6.18. The molecule has 2 aromatic rings. The van der Waals surface area contributed by atoms with E-state index < -0.39 is 0 Å². The maximum atomic E-state index is 6.18. The van der Waals surface area contributed by atoms with Crippen molar-refractivity contribution >= 4 is 11.8 Å². The Balaban J connectivity index is 1.35. The van der Waals surface area contributed by atoms with Crippen molar-refractivity contribution in [3.05, 3.63) is 59.3 Å². The lowest BCUT2D eigenvalue weighted by Crippen LogP contribution is -2.42. The molecule has 6 nitrogen and oxygen atoms in total. The highest BCUT2D eigenvalue weighted by Crippen LogP contribution is 2.33. The molecule has 1 aromatic heterocycles. The third-order valence-corrected chi connectivity index (χ3v) is 6.39. The predicted octanol–water partition coefficient (Wildman–Crippen LogP) is 4.21. The second kappa shape index (κ2) is 11.3. The zero-order valence-corrected chi connectivity index (χ0v) is 19.5. The van der Waals surface area contributed by atoms with E-state index in [1.54, 1.807) is 0 Å². The minimum atomic E-state index is 0.141. The van der Waals surface area contributed by atoms with Crippen LogP contribution in [0.5, 0.6) is 0 Å². The molecule has 2 saturated heterocycles. The summed E-state index contributed by atoms with van der Waals surface area (Å²) >= 11 is 0. The lowest BCUT2D eigenvalue weighted by atomic mass is 9.89. The van der Waals surface area contributed by atoms with E-state index in [2.05, 4.69) is 70.8 Å². The molecule has 1 aromatic carbocycles. The predicted molar refractivity (Wildman–Crippen MR) is 131 cm³/mol. The van der Waals surface area contributed by atoms with E-state index in [9.17, 15) is 0 Å². The Kier molecular flexibility index (Phi) is 7.99. The molecule has 2 fully saturated rings. The van der Waals surface area contributed by atoms with Crippen molar-refractivity contribution in [1.29, 1.82) is 0 Å². The Morgan fingerprint density at radius 1 is 1.09 bits per heavy atom. The molecule has 0 radical (unpaired) electrons. The van der Waals surface area contributed by atoms with Crippen LogP contribution < -0.4 is 15.5 Å². The molecular weight excluding hydrogens is 398 g/mol. The lowest BCUT2D eigenvalue weighted by Gasteiger charge is -2.32. The van der Waals surface area contributed by atoms with Gasteiger partial charge in [-0.15, -0.1) is 0 Å². The third-order valence-electron chi connectivity index (χ3n) is 6.39. The van der Waals surface area contributed by atoms with Gasteiger partial charge in [-0.25, -0.2) is 9.98 Å². The van der Waals surface area contributed by atoms with Gasteiger partial charge in [-0.2, -0.15) is 0 Å². The fourth-order valence-electron chi connectivity index (χ4n) is 4.56. The summed E-state index contributed by atoms with van der Waals surface area (Å²) in [6.45, 7) is 9.59. The molecule has 0 saturated carbocycles. The molecule has 4 rings (SSSR count). The number of aryl methyl sites for hydroxylation is 1. The van der Waals surface area contributed by atoms with Gasteiger partial charge < -0.3 is 20.3 Å². The standard InChI is InChI=1S/C26H37N5O/c1-3-27-26(29-18-21-10-13-24(28-17-21)31-14-4-5-15-31)30-19-23-7-6-16-32-25(23)22-11-8-20(2)9-12-22/h8-13,17,23,25H,3-7,14-16,18-19H2,1-2H3,(H2,27,29,30). The lowest BCUT2D eigenvalue weighted by molar-refractivity contribution is -0.0265. The Morgan fingerprint density at radius 3 is 2.62 bits per heavy atom. The Labute approximate surface area is 192 Å². The molecule has 2 unspecified atom stereocenters. The Bertz CT molecular complexity index is 859. The smallest absolute Gasteiger partial charge is 0.191 e. The number of ether oxygens (including phenoxy) is 1. The van der Waals surface area contributed by atoms with Crippen LogP contribution in [-0.2, 0) is 11.3 Å². The maximum absolute atomic E-state index is 6.18. The van der Waals surface area contributed by atoms with Gasteiger partial charge in [0.15, 0.2) is 5.96 Å². The van der Waals surface area contributed by atoms with Crippen molar-refractivity contribution in [1.82, 2.24) is 15.6 Å². The zero-order chi connectivity index (χ0) is 22.2. The number of aromatic nitrogens is 1. The van der Waals surface area contributed by atoms with Crippen LogP contribution in [0.3, 0.4) is 0 Å². The van der Waals surface area contributed by atoms with Gasteiger partial charge in [0.1, 0.15) is 5.82 Å². The molecule has 0 aliphatic carbocycles. The molecule has 32 heavy (non-hydrogen) atoms. The fraction of sp³-hybridized carbons (Fsp3) is 0.538. The number of benzene rings is 1. The summed E-state index contributed by atoms with van der Waals surface area (Å²) in [4.78, 5) is 11.8. The topological polar surface area (TPSA) is 61.8 Å². The number of hydrogen-bond donors (Lipinski definition) is 2. The van der Waals surface area contributed by atoms with E-state index in [0.29, 0.717) is 12.5 Å². The van der Waals surface area contributed by atoms with Gasteiger partial charge in [-0.3, -0.25) is 0 Å². The molecule has 172 valence electrons. The highest BCUT2D eigenvalue weighted by molar-refractivity contribution is 5.79. The fourth-order valence-corrected chi connectivity index (χ4v) is 4.56. The van der Waals surface area contributed by atoms with Crippen LogP contribution in [0.2, 0.25) is 0 Å². The first-order valence-corrected chi connectivity index (χ1v) is 12.1. The SMILES string of the molecule is CCNC(=NCc1ccc(N2CCCC2)nc1)NCC1CCCOC1c1ccc(C)cc1. The zero-order valence-electron chi connectivity index (χ0n) is 19.5. The van der Waals surface area contributed by atoms with Crippen molar-refractivity contribution in [2.75, 3.05) is 37.7 Å². The highest BCUT2D eigenvalue weighted by Gasteiger charge is 2.27. The van der Waals surface area contributed by atoms with Crippen LogP contribution >= 0.6 is 0 Å². The van der Waals surface area contributed by atoms with E-state index >= 15 is 0 Å². The molecular formula is C26H37N5O. The first-order chi connectivity index (χ1) is 15.7. The van der Waals surface area contributed by atoms with Gasteiger partial charge in [0, 0.05) is 44.9 Å². The van der Waals surface area contributed by atoms with Gasteiger partial charge in [0.2, 0.25) is 0 Å². The van der Waals surface area contributed by atoms with Crippen LogP contribution in [0, 0.1) is 12.8 Å². The summed E-state index contributed by atoms with van der Waals surface area (Å²) in [5, 5.41) is 6.94. The first kappa shape index (κ1) is 22.6. The van der Waals surface area contributed by atoms with E-state index in [0.717, 1.165) is 63.0 Å². The number of nitrogens with zero attached hydrogens (tertiary/aromatic N) is 3. The van der Waals surface area contributed by atoms with Crippen molar-refractivity contribution in [3.63, 3.8) is 0 Å². The van der Waals surface area contributed by atoms with Gasteiger partial charge in [-0.1, -0.05) is 35.9 Å². The molecule has 2 atom stereocenters. The molecule has 2 aliphatic rings. The largest absolute Gasteiger partial charge is 0.373 e. The van der Waals surface area contributed by atoms with Gasteiger partial charge in [0.25, 0.3) is 0 Å². The molecule has 0 amide bonds. The van der Waals surface area contributed by atoms with Crippen LogP contribution in [0.4, 0.5) is 5.82 Å². The number of guanidine groups is 1. The van der Waals surface area contributed by atoms with Crippen molar-refractivity contribution in [3.8, 4) is 0 Å². The number of nitrogens with one attached hydrogen (secondary N) is 2. The van der Waals surface area contributed by atoms with E-state index in [1.807, 2.05) is 6.20 Å². The second-order valence-electron chi connectivity index (χ2n) is 8.90. The van der Waals surface area contributed by atoms with E-state index in [1.165, 1.54) is 24.0 Å². The minimum Gasteiger partial charge on any atom is -0.373 e. The van der Waals surface area contributed by atoms with Crippen LogP contribution in [0.25, 0.3) is 0 Å². The van der Waals surface area contributed by atoms with Crippen molar-refractivity contribution in [2.24, 2.45) is 10.9 Å². The maximum Gasteiger partial charge on any atom is 0.191 e. The number of aliphatic imine (C=N–C) groups is 1. The van der Waals surface area contributed by atoms with Gasteiger partial charge in [-0.05, 0) is 56.7 Å². The summed E-state index contributed by atoms with van der Waals surface area (Å²) in [6, 6.07) is 13.0. The average Bonchev–Trinajstić information content (AvgIpc) is 3.37. The summed E-state index contributed by atoms with van der Waals surface area (Å²) in [5.41, 5.74) is 3.68. The summed E-state index contributed by atoms with van der Waals surface area (Å²) in [5.74, 6) is 2.36.